The van der Waals surface area contributed by atoms with E-state index in [0.29, 0.717) is 13.0 Å². The van der Waals surface area contributed by atoms with Gasteiger partial charge in [-0.1, -0.05) is 6.92 Å². The predicted molar refractivity (Wildman–Crippen MR) is 75.6 cm³/mol. The number of rotatable bonds is 7. The lowest BCUT2D eigenvalue weighted by atomic mass is 10.2. The monoisotopic (exact) mass is 330 g/mol. The Kier molecular flexibility index (Phi) is 4.99. The van der Waals surface area contributed by atoms with Gasteiger partial charge in [-0.2, -0.15) is 0 Å². The number of carboxylic acids is 1. The Bertz CT molecular complexity index is 609. The van der Waals surface area contributed by atoms with Gasteiger partial charge in [0.1, 0.15) is 0 Å². The van der Waals surface area contributed by atoms with Crippen molar-refractivity contribution in [3.05, 3.63) is 18.2 Å². The number of carbonyl (C=O) groups excluding carboxylic acids is 1. The summed E-state index contributed by atoms with van der Waals surface area (Å²) in [7, 11) is 0. The van der Waals surface area contributed by atoms with E-state index < -0.39 is 18.2 Å². The van der Waals surface area contributed by atoms with Gasteiger partial charge in [-0.3, -0.25) is 14.5 Å². The lowest BCUT2D eigenvalue weighted by molar-refractivity contribution is -0.286. The zero-order chi connectivity index (χ0) is 17.0. The third-order valence-corrected chi connectivity index (χ3v) is 2.95. The smallest absolute Gasteiger partial charge is 0.480 e. The molecule has 9 heteroatoms. The molecule has 0 saturated heterocycles. The van der Waals surface area contributed by atoms with Crippen molar-refractivity contribution in [1.82, 2.24) is 4.90 Å². The van der Waals surface area contributed by atoms with Gasteiger partial charge < -0.3 is 19.9 Å². The average Bonchev–Trinajstić information content (AvgIpc) is 2.71. The molecular weight excluding hydrogens is 314 g/mol. The van der Waals surface area contributed by atoms with Gasteiger partial charge in [-0.15, -0.1) is 8.78 Å². The number of ether oxygens (including phenoxy) is 2. The summed E-state index contributed by atoms with van der Waals surface area (Å²) in [6.45, 7) is 1.94. The summed E-state index contributed by atoms with van der Waals surface area (Å²) in [5, 5.41) is 11.3. The zero-order valence-corrected chi connectivity index (χ0v) is 12.3. The summed E-state index contributed by atoms with van der Waals surface area (Å²) in [6, 6.07) is 3.87. The number of benzene rings is 1. The third kappa shape index (κ3) is 4.78. The summed E-state index contributed by atoms with van der Waals surface area (Å²) < 4.78 is 34.4. The Morgan fingerprint density at radius 2 is 1.96 bits per heavy atom. The fraction of sp³-hybridized carbons (Fsp3) is 0.429. The SMILES string of the molecule is CCCN(CC(=O)O)CC(=O)Nc1ccc2c(c1)OC(F)(F)O2. The normalized spacial score (nSPS) is 14.8. The molecule has 1 aromatic carbocycles. The van der Waals surface area contributed by atoms with Crippen LogP contribution in [0.4, 0.5) is 14.5 Å². The van der Waals surface area contributed by atoms with Gasteiger partial charge in [0, 0.05) is 11.8 Å². The van der Waals surface area contributed by atoms with Crippen molar-refractivity contribution in [2.75, 3.05) is 25.0 Å². The van der Waals surface area contributed by atoms with Crippen LogP contribution < -0.4 is 14.8 Å². The molecule has 1 aliphatic heterocycles. The topological polar surface area (TPSA) is 88.1 Å². The van der Waals surface area contributed by atoms with Crippen LogP contribution >= 0.6 is 0 Å². The summed E-state index contributed by atoms with van der Waals surface area (Å²) in [5.74, 6) is -1.78. The van der Waals surface area contributed by atoms with Gasteiger partial charge in [0.2, 0.25) is 5.91 Å². The molecule has 7 nitrogen and oxygen atoms in total. The number of halogens is 2. The minimum atomic E-state index is -3.72. The molecule has 0 spiro atoms. The highest BCUT2D eigenvalue weighted by Gasteiger charge is 2.43. The number of alkyl halides is 2. The molecule has 0 fully saturated rings. The Labute approximate surface area is 130 Å². The first kappa shape index (κ1) is 16.9. The fourth-order valence-corrected chi connectivity index (χ4v) is 2.15. The number of anilines is 1. The molecule has 1 amide bonds. The molecule has 0 atom stereocenters. The maximum atomic E-state index is 12.9. The van der Waals surface area contributed by atoms with Crippen LogP contribution in [0.2, 0.25) is 0 Å². The van der Waals surface area contributed by atoms with E-state index in [1.807, 2.05) is 6.92 Å². The van der Waals surface area contributed by atoms with Crippen molar-refractivity contribution in [2.24, 2.45) is 0 Å². The molecule has 0 saturated carbocycles. The van der Waals surface area contributed by atoms with E-state index in [9.17, 15) is 18.4 Å². The molecule has 1 heterocycles. The van der Waals surface area contributed by atoms with Crippen molar-refractivity contribution in [1.29, 1.82) is 0 Å². The Balaban J connectivity index is 1.97. The van der Waals surface area contributed by atoms with E-state index >= 15 is 0 Å². The van der Waals surface area contributed by atoms with Gasteiger partial charge in [-0.05, 0) is 25.1 Å². The highest BCUT2D eigenvalue weighted by atomic mass is 19.3. The number of carbonyl (C=O) groups is 2. The minimum Gasteiger partial charge on any atom is -0.480 e. The van der Waals surface area contributed by atoms with Crippen molar-refractivity contribution in [3.8, 4) is 11.5 Å². The first-order valence-electron chi connectivity index (χ1n) is 6.93. The molecule has 0 unspecified atom stereocenters. The lowest BCUT2D eigenvalue weighted by Crippen LogP contribution is -2.37. The zero-order valence-electron chi connectivity index (χ0n) is 12.3. The second-order valence-corrected chi connectivity index (χ2v) is 4.98. The van der Waals surface area contributed by atoms with Crippen LogP contribution in [-0.2, 0) is 9.59 Å². The first-order valence-corrected chi connectivity index (χ1v) is 6.93. The summed E-state index contributed by atoms with van der Waals surface area (Å²) in [5.41, 5.74) is 0.252. The van der Waals surface area contributed by atoms with Crippen LogP contribution in [0.5, 0.6) is 11.5 Å². The molecule has 0 aliphatic carbocycles. The van der Waals surface area contributed by atoms with Crippen molar-refractivity contribution in [2.45, 2.75) is 19.6 Å². The van der Waals surface area contributed by atoms with E-state index in [1.165, 1.54) is 23.1 Å². The first-order chi connectivity index (χ1) is 10.8. The van der Waals surface area contributed by atoms with E-state index in [1.54, 1.807) is 0 Å². The number of nitrogens with one attached hydrogen (secondary N) is 1. The molecule has 2 N–H and O–H groups in total. The van der Waals surface area contributed by atoms with Crippen LogP contribution in [0.1, 0.15) is 13.3 Å². The van der Waals surface area contributed by atoms with Crippen LogP contribution in [-0.4, -0.2) is 47.8 Å². The van der Waals surface area contributed by atoms with Gasteiger partial charge in [-0.25, -0.2) is 0 Å². The van der Waals surface area contributed by atoms with E-state index in [0.717, 1.165) is 0 Å². The third-order valence-electron chi connectivity index (χ3n) is 2.95. The van der Waals surface area contributed by atoms with Crippen molar-refractivity contribution < 1.29 is 33.0 Å². The van der Waals surface area contributed by atoms with Crippen LogP contribution in [0, 0.1) is 0 Å². The predicted octanol–water partition coefficient (Wildman–Crippen LogP) is 1.74. The molecule has 1 aromatic rings. The minimum absolute atomic E-state index is 0.119. The Hall–Kier alpha value is -2.42. The quantitative estimate of drug-likeness (QED) is 0.792. The molecule has 23 heavy (non-hydrogen) atoms. The molecule has 0 bridgehead atoms. The van der Waals surface area contributed by atoms with Gasteiger partial charge in [0.05, 0.1) is 13.1 Å². The van der Waals surface area contributed by atoms with Crippen LogP contribution in [0.25, 0.3) is 0 Å². The number of hydrogen-bond donors (Lipinski definition) is 2. The summed E-state index contributed by atoms with van der Waals surface area (Å²) in [4.78, 5) is 24.2. The standard InChI is InChI=1S/C14H16F2N2O5/c1-2-5-18(8-13(20)21)7-12(19)17-9-3-4-10-11(6-9)23-14(15,16)22-10/h3-4,6H,2,5,7-8H2,1H3,(H,17,19)(H,20,21). The number of carboxylic acid groups (broad SMARTS) is 1. The van der Waals surface area contributed by atoms with Gasteiger partial charge >= 0.3 is 12.3 Å². The van der Waals surface area contributed by atoms with E-state index in [2.05, 4.69) is 14.8 Å². The van der Waals surface area contributed by atoms with Crippen LogP contribution in [0.3, 0.4) is 0 Å². The van der Waals surface area contributed by atoms with E-state index in [-0.39, 0.29) is 30.3 Å². The van der Waals surface area contributed by atoms with Gasteiger partial charge in [0.15, 0.2) is 11.5 Å². The molecular formula is C14H16F2N2O5. The molecule has 2 rings (SSSR count). The maximum absolute atomic E-state index is 12.9. The second-order valence-electron chi connectivity index (χ2n) is 4.98. The summed E-state index contributed by atoms with van der Waals surface area (Å²) >= 11 is 0. The Morgan fingerprint density at radius 1 is 1.26 bits per heavy atom. The van der Waals surface area contributed by atoms with Crippen LogP contribution in [0.15, 0.2) is 18.2 Å². The van der Waals surface area contributed by atoms with Crippen molar-refractivity contribution >= 4 is 17.6 Å². The number of nitrogens with zero attached hydrogens (tertiary/aromatic N) is 1. The fourth-order valence-electron chi connectivity index (χ4n) is 2.15. The van der Waals surface area contributed by atoms with Gasteiger partial charge in [0.25, 0.3) is 0 Å². The maximum Gasteiger partial charge on any atom is 0.586 e. The second kappa shape index (κ2) is 6.78. The molecule has 0 radical (unpaired) electrons. The number of hydrogen-bond acceptors (Lipinski definition) is 5. The largest absolute Gasteiger partial charge is 0.586 e. The number of aliphatic carboxylic acids is 1. The molecule has 126 valence electrons. The number of amides is 1. The van der Waals surface area contributed by atoms with E-state index in [4.69, 9.17) is 5.11 Å². The Morgan fingerprint density at radius 3 is 2.61 bits per heavy atom. The molecule has 0 aromatic heterocycles. The summed E-state index contributed by atoms with van der Waals surface area (Å²) in [6.07, 6.45) is -3.02. The lowest BCUT2D eigenvalue weighted by Gasteiger charge is -2.18. The highest BCUT2D eigenvalue weighted by Crippen LogP contribution is 2.42. The highest BCUT2D eigenvalue weighted by molar-refractivity contribution is 5.92. The average molecular weight is 330 g/mol. The number of fused-ring (bicyclic) bond motifs is 1. The van der Waals surface area contributed by atoms with Crippen molar-refractivity contribution in [3.63, 3.8) is 0 Å². The molecule has 1 aliphatic rings.